The van der Waals surface area contributed by atoms with Crippen molar-refractivity contribution in [1.29, 1.82) is 0 Å². The van der Waals surface area contributed by atoms with E-state index in [1.54, 1.807) is 0 Å². The summed E-state index contributed by atoms with van der Waals surface area (Å²) in [7, 11) is 0. The van der Waals surface area contributed by atoms with Crippen molar-refractivity contribution in [3.05, 3.63) is 69.0 Å². The zero-order valence-corrected chi connectivity index (χ0v) is 12.2. The number of ether oxygens (including phenoxy) is 1. The van der Waals surface area contributed by atoms with Gasteiger partial charge in [0.2, 0.25) is 0 Å². The second-order valence-corrected chi connectivity index (χ2v) is 4.76. The summed E-state index contributed by atoms with van der Waals surface area (Å²) in [4.78, 5) is 46.2. The lowest BCUT2D eigenvalue weighted by Gasteiger charge is -2.09. The van der Waals surface area contributed by atoms with Crippen LogP contribution in [0.3, 0.4) is 0 Å². The SMILES string of the molecule is NC(=O)COC(=O)Cn1c(=O)ccn(Cc2ccccc2)c1=O. The van der Waals surface area contributed by atoms with Gasteiger partial charge in [0.1, 0.15) is 6.54 Å². The van der Waals surface area contributed by atoms with Crippen molar-refractivity contribution < 1.29 is 14.3 Å². The lowest BCUT2D eigenvalue weighted by Crippen LogP contribution is -2.41. The highest BCUT2D eigenvalue weighted by Gasteiger charge is 2.12. The summed E-state index contributed by atoms with van der Waals surface area (Å²) in [5.41, 5.74) is 4.45. The van der Waals surface area contributed by atoms with E-state index in [1.165, 1.54) is 16.8 Å². The number of nitrogens with two attached hydrogens (primary N) is 1. The molecule has 0 bridgehead atoms. The maximum Gasteiger partial charge on any atom is 0.331 e. The minimum Gasteiger partial charge on any atom is -0.454 e. The van der Waals surface area contributed by atoms with Crippen LogP contribution in [0.5, 0.6) is 0 Å². The molecule has 2 aromatic rings. The van der Waals surface area contributed by atoms with Gasteiger partial charge in [-0.3, -0.25) is 19.0 Å². The van der Waals surface area contributed by atoms with Crippen molar-refractivity contribution >= 4 is 11.9 Å². The van der Waals surface area contributed by atoms with E-state index in [-0.39, 0.29) is 6.54 Å². The molecule has 0 aliphatic carbocycles. The van der Waals surface area contributed by atoms with Gasteiger partial charge in [0, 0.05) is 12.3 Å². The molecule has 1 aromatic carbocycles. The molecule has 0 unspecified atom stereocenters. The van der Waals surface area contributed by atoms with Gasteiger partial charge in [0.15, 0.2) is 6.61 Å². The van der Waals surface area contributed by atoms with Crippen molar-refractivity contribution in [2.45, 2.75) is 13.1 Å². The van der Waals surface area contributed by atoms with Gasteiger partial charge in [-0.05, 0) is 5.56 Å². The van der Waals surface area contributed by atoms with Gasteiger partial charge < -0.3 is 10.5 Å². The number of carbonyl (C=O) groups excluding carboxylic acids is 2. The number of aromatic nitrogens is 2. The van der Waals surface area contributed by atoms with E-state index in [0.29, 0.717) is 0 Å². The summed E-state index contributed by atoms with van der Waals surface area (Å²) in [5, 5.41) is 0. The molecule has 0 spiro atoms. The molecule has 1 heterocycles. The van der Waals surface area contributed by atoms with Gasteiger partial charge in [-0.15, -0.1) is 0 Å². The predicted molar refractivity (Wildman–Crippen MR) is 80.7 cm³/mol. The lowest BCUT2D eigenvalue weighted by molar-refractivity contribution is -0.148. The van der Waals surface area contributed by atoms with Crippen LogP contribution in [0.15, 0.2) is 52.2 Å². The second kappa shape index (κ2) is 7.21. The van der Waals surface area contributed by atoms with E-state index in [4.69, 9.17) is 5.73 Å². The Morgan fingerprint density at radius 3 is 2.43 bits per heavy atom. The first-order valence-corrected chi connectivity index (χ1v) is 6.75. The summed E-state index contributed by atoms with van der Waals surface area (Å²) >= 11 is 0. The molecule has 1 amide bonds. The van der Waals surface area contributed by atoms with Gasteiger partial charge in [-0.2, -0.15) is 0 Å². The number of nitrogens with zero attached hydrogens (tertiary/aromatic N) is 2. The quantitative estimate of drug-likeness (QED) is 0.693. The summed E-state index contributed by atoms with van der Waals surface area (Å²) in [6.07, 6.45) is 1.36. The normalized spacial score (nSPS) is 10.3. The van der Waals surface area contributed by atoms with Crippen LogP contribution in [0.2, 0.25) is 0 Å². The molecular formula is C15H15N3O5. The van der Waals surface area contributed by atoms with E-state index in [2.05, 4.69) is 4.74 Å². The molecule has 0 fully saturated rings. The van der Waals surface area contributed by atoms with Crippen LogP contribution in [-0.4, -0.2) is 27.6 Å². The van der Waals surface area contributed by atoms with Crippen molar-refractivity contribution in [3.8, 4) is 0 Å². The van der Waals surface area contributed by atoms with Crippen molar-refractivity contribution in [2.75, 3.05) is 6.61 Å². The van der Waals surface area contributed by atoms with Crippen LogP contribution in [0.25, 0.3) is 0 Å². The highest BCUT2D eigenvalue weighted by molar-refractivity contribution is 5.78. The van der Waals surface area contributed by atoms with E-state index in [0.717, 1.165) is 10.1 Å². The standard InChI is InChI=1S/C15H15N3O5/c16-12(19)10-23-14(21)9-18-13(20)6-7-17(15(18)22)8-11-4-2-1-3-5-11/h1-7H,8-10H2,(H2,16,19). The molecule has 2 N–H and O–H groups in total. The molecule has 8 heteroatoms. The molecule has 0 aliphatic heterocycles. The highest BCUT2D eigenvalue weighted by Crippen LogP contribution is 1.99. The monoisotopic (exact) mass is 317 g/mol. The van der Waals surface area contributed by atoms with Crippen LogP contribution in [-0.2, 0) is 27.4 Å². The zero-order chi connectivity index (χ0) is 16.8. The van der Waals surface area contributed by atoms with Gasteiger partial charge in [0.05, 0.1) is 6.54 Å². The Hall–Kier alpha value is -3.16. The molecule has 0 radical (unpaired) electrons. The van der Waals surface area contributed by atoms with Gasteiger partial charge >= 0.3 is 11.7 Å². The highest BCUT2D eigenvalue weighted by atomic mass is 16.5. The third-order valence-electron chi connectivity index (χ3n) is 3.00. The fourth-order valence-electron chi connectivity index (χ4n) is 1.93. The van der Waals surface area contributed by atoms with Gasteiger partial charge in [-0.25, -0.2) is 9.36 Å². The average Bonchev–Trinajstić information content (AvgIpc) is 2.53. The van der Waals surface area contributed by atoms with Crippen LogP contribution in [0.1, 0.15) is 5.56 Å². The first-order valence-electron chi connectivity index (χ1n) is 6.75. The Bertz CT molecular complexity index is 823. The Morgan fingerprint density at radius 1 is 1.09 bits per heavy atom. The third kappa shape index (κ3) is 4.40. The Kier molecular flexibility index (Phi) is 5.08. The number of amides is 1. The van der Waals surface area contributed by atoms with Crippen LogP contribution in [0.4, 0.5) is 0 Å². The maximum absolute atomic E-state index is 12.3. The third-order valence-corrected chi connectivity index (χ3v) is 3.00. The molecule has 0 atom stereocenters. The first kappa shape index (κ1) is 16.2. The van der Waals surface area contributed by atoms with E-state index >= 15 is 0 Å². The van der Waals surface area contributed by atoms with Gasteiger partial charge in [-0.1, -0.05) is 30.3 Å². The zero-order valence-electron chi connectivity index (χ0n) is 12.2. The second-order valence-electron chi connectivity index (χ2n) is 4.76. The Morgan fingerprint density at radius 2 is 1.78 bits per heavy atom. The molecule has 0 aliphatic rings. The van der Waals surface area contributed by atoms with Crippen molar-refractivity contribution in [1.82, 2.24) is 9.13 Å². The average molecular weight is 317 g/mol. The molecule has 23 heavy (non-hydrogen) atoms. The minimum atomic E-state index is -0.888. The van der Waals surface area contributed by atoms with Crippen LogP contribution < -0.4 is 17.0 Å². The van der Waals surface area contributed by atoms with E-state index in [9.17, 15) is 19.2 Å². The molecule has 2 rings (SSSR count). The number of benzene rings is 1. The van der Waals surface area contributed by atoms with Crippen LogP contribution in [0, 0.1) is 0 Å². The van der Waals surface area contributed by atoms with Crippen molar-refractivity contribution in [2.24, 2.45) is 5.73 Å². The number of hydrogen-bond donors (Lipinski definition) is 1. The predicted octanol–water partition coefficient (Wildman–Crippen LogP) is -0.913. The van der Waals surface area contributed by atoms with Crippen LogP contribution >= 0.6 is 0 Å². The number of esters is 1. The Balaban J connectivity index is 2.22. The number of rotatable bonds is 6. The van der Waals surface area contributed by atoms with E-state index < -0.39 is 36.3 Å². The number of hydrogen-bond acceptors (Lipinski definition) is 5. The summed E-state index contributed by atoms with van der Waals surface area (Å²) in [6.45, 7) is -0.921. The molecule has 0 saturated carbocycles. The molecule has 1 aromatic heterocycles. The topological polar surface area (TPSA) is 113 Å². The molecule has 8 nitrogen and oxygen atoms in total. The minimum absolute atomic E-state index is 0.260. The van der Waals surface area contributed by atoms with Crippen molar-refractivity contribution in [3.63, 3.8) is 0 Å². The lowest BCUT2D eigenvalue weighted by atomic mass is 10.2. The summed E-state index contributed by atoms with van der Waals surface area (Å²) in [6, 6.07) is 10.4. The smallest absolute Gasteiger partial charge is 0.331 e. The van der Waals surface area contributed by atoms with E-state index in [1.807, 2.05) is 30.3 Å². The molecule has 120 valence electrons. The largest absolute Gasteiger partial charge is 0.454 e. The summed E-state index contributed by atoms with van der Waals surface area (Å²) < 4.78 is 6.60. The fraction of sp³-hybridized carbons (Fsp3) is 0.200. The number of carbonyl (C=O) groups is 2. The fourth-order valence-corrected chi connectivity index (χ4v) is 1.93. The van der Waals surface area contributed by atoms with Gasteiger partial charge in [0.25, 0.3) is 11.5 Å². The summed E-state index contributed by atoms with van der Waals surface area (Å²) in [5.74, 6) is -1.71. The molecular weight excluding hydrogens is 302 g/mol. The first-order chi connectivity index (χ1) is 11.0. The molecule has 0 saturated heterocycles. The number of primary amides is 1. The maximum atomic E-state index is 12.3. The Labute approximate surface area is 130 Å².